The number of aryl methyl sites for hydroxylation is 1. The van der Waals surface area contributed by atoms with Crippen molar-refractivity contribution in [2.75, 3.05) is 4.90 Å². The van der Waals surface area contributed by atoms with Crippen LogP contribution in [-0.2, 0) is 4.79 Å². The number of para-hydroxylation sites is 2. The molecule has 0 aliphatic heterocycles. The van der Waals surface area contributed by atoms with Gasteiger partial charge in [-0.1, -0.05) is 71.2 Å². The number of allylic oxidation sites excluding steroid dienone is 2. The Morgan fingerprint density at radius 3 is 2.08 bits per heavy atom. The van der Waals surface area contributed by atoms with Crippen molar-refractivity contribution < 1.29 is 4.79 Å². The topological polar surface area (TPSA) is 20.3 Å². The molecule has 128 valence electrons. The summed E-state index contributed by atoms with van der Waals surface area (Å²) in [7, 11) is 0. The number of hydrogen-bond donors (Lipinski definition) is 0. The number of carbonyl (C=O) groups is 1. The van der Waals surface area contributed by atoms with E-state index in [-0.39, 0.29) is 0 Å². The SMILES string of the molecule is CCCC(Br)=C(C)C.Cc1ccccc1N(C=O)c1ccccc1. The average Bonchev–Trinajstić information content (AvgIpc) is 2.59. The first kappa shape index (κ1) is 20.2. The maximum absolute atomic E-state index is 11.2. The molecule has 0 aliphatic rings. The second kappa shape index (κ2) is 10.8. The lowest BCUT2D eigenvalue weighted by molar-refractivity contribution is -0.106. The lowest BCUT2D eigenvalue weighted by Gasteiger charge is -2.19. The molecular weight excluding hydrogens is 362 g/mol. The number of halogens is 1. The quantitative estimate of drug-likeness (QED) is 0.518. The number of amides is 1. The van der Waals surface area contributed by atoms with E-state index in [1.54, 1.807) is 4.90 Å². The van der Waals surface area contributed by atoms with Crippen molar-refractivity contribution in [1.82, 2.24) is 0 Å². The summed E-state index contributed by atoms with van der Waals surface area (Å²) >= 11 is 3.48. The number of carbonyl (C=O) groups excluding carboxylic acids is 1. The van der Waals surface area contributed by atoms with Crippen LogP contribution < -0.4 is 4.90 Å². The number of anilines is 2. The van der Waals surface area contributed by atoms with Crippen LogP contribution in [0.1, 0.15) is 39.2 Å². The molecule has 2 rings (SSSR count). The molecule has 0 unspecified atom stereocenters. The normalized spacial score (nSPS) is 9.54. The smallest absolute Gasteiger partial charge is 0.218 e. The van der Waals surface area contributed by atoms with Crippen LogP contribution in [0, 0.1) is 6.92 Å². The van der Waals surface area contributed by atoms with E-state index in [1.807, 2.05) is 61.5 Å². The molecule has 0 heterocycles. The summed E-state index contributed by atoms with van der Waals surface area (Å²) in [4.78, 5) is 12.8. The molecule has 1 amide bonds. The zero-order valence-corrected chi connectivity index (χ0v) is 16.5. The van der Waals surface area contributed by atoms with Gasteiger partial charge in [-0.3, -0.25) is 9.69 Å². The van der Waals surface area contributed by atoms with Gasteiger partial charge in [0.05, 0.1) is 5.69 Å². The molecule has 0 aliphatic carbocycles. The van der Waals surface area contributed by atoms with Crippen LogP contribution in [0.4, 0.5) is 11.4 Å². The monoisotopic (exact) mass is 387 g/mol. The molecule has 0 bridgehead atoms. The third kappa shape index (κ3) is 6.32. The van der Waals surface area contributed by atoms with Crippen LogP contribution in [0.3, 0.4) is 0 Å². The Bertz CT molecular complexity index is 661. The summed E-state index contributed by atoms with van der Waals surface area (Å²) in [5.41, 5.74) is 4.28. The molecule has 0 radical (unpaired) electrons. The van der Waals surface area contributed by atoms with E-state index in [2.05, 4.69) is 36.7 Å². The van der Waals surface area contributed by atoms with E-state index in [4.69, 9.17) is 0 Å². The Balaban J connectivity index is 0.000000307. The summed E-state index contributed by atoms with van der Waals surface area (Å²) in [6.07, 6.45) is 3.26. The van der Waals surface area contributed by atoms with Gasteiger partial charge in [0.1, 0.15) is 0 Å². The zero-order chi connectivity index (χ0) is 17.9. The minimum Gasteiger partial charge on any atom is -0.283 e. The highest BCUT2D eigenvalue weighted by molar-refractivity contribution is 9.11. The highest BCUT2D eigenvalue weighted by atomic mass is 79.9. The molecule has 0 spiro atoms. The van der Waals surface area contributed by atoms with Crippen LogP contribution in [0.25, 0.3) is 0 Å². The fraction of sp³-hybridized carbons (Fsp3) is 0.286. The molecule has 2 aromatic rings. The third-order valence-corrected chi connectivity index (χ3v) is 4.72. The van der Waals surface area contributed by atoms with Crippen molar-refractivity contribution in [2.24, 2.45) is 0 Å². The van der Waals surface area contributed by atoms with Gasteiger partial charge in [0, 0.05) is 5.69 Å². The minimum atomic E-state index is 0.845. The Hall–Kier alpha value is -1.87. The van der Waals surface area contributed by atoms with Gasteiger partial charge >= 0.3 is 0 Å². The molecule has 0 saturated heterocycles. The van der Waals surface area contributed by atoms with E-state index in [0.717, 1.165) is 23.3 Å². The van der Waals surface area contributed by atoms with Crippen LogP contribution in [0.15, 0.2) is 64.7 Å². The number of benzene rings is 2. The van der Waals surface area contributed by atoms with E-state index in [9.17, 15) is 4.79 Å². The molecule has 3 heteroatoms. The number of rotatable bonds is 5. The number of hydrogen-bond acceptors (Lipinski definition) is 1. The van der Waals surface area contributed by atoms with Crippen molar-refractivity contribution in [2.45, 2.75) is 40.5 Å². The van der Waals surface area contributed by atoms with Gasteiger partial charge in [-0.05, 0) is 55.4 Å². The van der Waals surface area contributed by atoms with Gasteiger partial charge in [0.25, 0.3) is 0 Å². The van der Waals surface area contributed by atoms with E-state index in [0.29, 0.717) is 0 Å². The number of nitrogens with zero attached hydrogens (tertiary/aromatic N) is 1. The highest BCUT2D eigenvalue weighted by Gasteiger charge is 2.08. The van der Waals surface area contributed by atoms with Crippen molar-refractivity contribution in [3.8, 4) is 0 Å². The zero-order valence-electron chi connectivity index (χ0n) is 14.9. The summed E-state index contributed by atoms with van der Waals surface area (Å²) < 4.78 is 1.36. The standard InChI is InChI=1S/C14H13NO.C7H13Br/c1-12-7-5-6-10-14(12)15(11-16)13-8-3-2-4-9-13;1-4-5-7(8)6(2)3/h2-11H,1H3;4-5H2,1-3H3. The molecule has 0 aromatic heterocycles. The first-order valence-corrected chi connectivity index (χ1v) is 8.97. The first-order chi connectivity index (χ1) is 11.5. The molecule has 0 saturated carbocycles. The van der Waals surface area contributed by atoms with Crippen LogP contribution in [0.5, 0.6) is 0 Å². The fourth-order valence-corrected chi connectivity index (χ4v) is 2.55. The van der Waals surface area contributed by atoms with Crippen molar-refractivity contribution in [1.29, 1.82) is 0 Å². The largest absolute Gasteiger partial charge is 0.283 e. The maximum Gasteiger partial charge on any atom is 0.218 e. The van der Waals surface area contributed by atoms with Crippen molar-refractivity contribution >= 4 is 33.7 Å². The van der Waals surface area contributed by atoms with Gasteiger partial charge in [-0.2, -0.15) is 0 Å². The van der Waals surface area contributed by atoms with Gasteiger partial charge in [-0.25, -0.2) is 0 Å². The second-order valence-corrected chi connectivity index (χ2v) is 6.71. The third-order valence-electron chi connectivity index (χ3n) is 3.53. The molecule has 2 nitrogen and oxygen atoms in total. The maximum atomic E-state index is 11.2. The van der Waals surface area contributed by atoms with Crippen LogP contribution in [-0.4, -0.2) is 6.41 Å². The van der Waals surface area contributed by atoms with Crippen LogP contribution >= 0.6 is 15.9 Å². The van der Waals surface area contributed by atoms with Gasteiger partial charge in [0.15, 0.2) is 0 Å². The molecule has 2 aromatic carbocycles. The molecular formula is C21H26BrNO. The lowest BCUT2D eigenvalue weighted by Crippen LogP contribution is -2.14. The van der Waals surface area contributed by atoms with Gasteiger partial charge < -0.3 is 0 Å². The van der Waals surface area contributed by atoms with Crippen molar-refractivity contribution in [3.05, 3.63) is 70.2 Å². The summed E-state index contributed by atoms with van der Waals surface area (Å²) in [6, 6.07) is 17.4. The summed E-state index contributed by atoms with van der Waals surface area (Å²) in [6.45, 7) is 8.43. The lowest BCUT2D eigenvalue weighted by atomic mass is 10.1. The summed E-state index contributed by atoms with van der Waals surface area (Å²) in [5, 5.41) is 0. The molecule has 0 N–H and O–H groups in total. The average molecular weight is 388 g/mol. The highest BCUT2D eigenvalue weighted by Crippen LogP contribution is 2.26. The summed E-state index contributed by atoms with van der Waals surface area (Å²) in [5.74, 6) is 0. The first-order valence-electron chi connectivity index (χ1n) is 8.18. The van der Waals surface area contributed by atoms with Crippen LogP contribution in [0.2, 0.25) is 0 Å². The Morgan fingerprint density at radius 2 is 1.62 bits per heavy atom. The minimum absolute atomic E-state index is 0.845. The molecule has 0 fully saturated rings. The van der Waals surface area contributed by atoms with Crippen molar-refractivity contribution in [3.63, 3.8) is 0 Å². The van der Waals surface area contributed by atoms with E-state index in [1.165, 1.54) is 22.9 Å². The predicted molar refractivity (Wildman–Crippen MR) is 108 cm³/mol. The Kier molecular flexibility index (Phi) is 9.10. The van der Waals surface area contributed by atoms with E-state index >= 15 is 0 Å². The Labute approximate surface area is 154 Å². The molecule has 0 atom stereocenters. The molecule has 24 heavy (non-hydrogen) atoms. The fourth-order valence-electron chi connectivity index (χ4n) is 2.15. The van der Waals surface area contributed by atoms with Gasteiger partial charge in [-0.15, -0.1) is 0 Å². The predicted octanol–water partition coefficient (Wildman–Crippen LogP) is 6.76. The Morgan fingerprint density at radius 1 is 1.04 bits per heavy atom. The van der Waals surface area contributed by atoms with E-state index < -0.39 is 0 Å². The van der Waals surface area contributed by atoms with Gasteiger partial charge in [0.2, 0.25) is 6.41 Å². The second-order valence-electron chi connectivity index (χ2n) is 5.75.